The molecule has 0 fully saturated rings. The lowest BCUT2D eigenvalue weighted by Crippen LogP contribution is -2.19. The molecule has 0 saturated heterocycles. The smallest absolute Gasteiger partial charge is 0.335 e. The zero-order valence-electron chi connectivity index (χ0n) is 11.5. The number of hydrogen-bond donors (Lipinski definition) is 2. The summed E-state index contributed by atoms with van der Waals surface area (Å²) in [6, 6.07) is 6.09. The Bertz CT molecular complexity index is 678. The zero-order valence-corrected chi connectivity index (χ0v) is 11.5. The van der Waals surface area contributed by atoms with Crippen LogP contribution in [0.5, 0.6) is 5.75 Å². The van der Waals surface area contributed by atoms with Crippen molar-refractivity contribution in [1.29, 1.82) is 0 Å². The molecule has 0 aliphatic rings. The summed E-state index contributed by atoms with van der Waals surface area (Å²) in [7, 11) is 0. The predicted octanol–water partition coefficient (Wildman–Crippen LogP) is 2.01. The van der Waals surface area contributed by atoms with Crippen LogP contribution < -0.4 is 10.1 Å². The number of nitrogens with one attached hydrogen (secondary N) is 1. The van der Waals surface area contributed by atoms with Crippen molar-refractivity contribution in [2.45, 2.75) is 13.8 Å². The number of carboxylic acids is 1. The Morgan fingerprint density at radius 3 is 2.67 bits per heavy atom. The third kappa shape index (κ3) is 3.82. The lowest BCUT2D eigenvalue weighted by molar-refractivity contribution is -0.118. The molecule has 0 aliphatic carbocycles. The molecule has 0 atom stereocenters. The van der Waals surface area contributed by atoms with Gasteiger partial charge in [-0.05, 0) is 37.6 Å². The van der Waals surface area contributed by atoms with Gasteiger partial charge in [-0.3, -0.25) is 10.1 Å². The second-order valence-corrected chi connectivity index (χ2v) is 4.45. The van der Waals surface area contributed by atoms with Crippen LogP contribution in [0.3, 0.4) is 0 Å². The first kappa shape index (κ1) is 14.6. The van der Waals surface area contributed by atoms with Crippen molar-refractivity contribution in [1.82, 2.24) is 5.16 Å². The molecule has 0 bridgehead atoms. The lowest BCUT2D eigenvalue weighted by atomic mass is 10.1. The number of amides is 1. The van der Waals surface area contributed by atoms with Gasteiger partial charge >= 0.3 is 5.97 Å². The van der Waals surface area contributed by atoms with Crippen LogP contribution in [0.15, 0.2) is 28.8 Å². The van der Waals surface area contributed by atoms with E-state index in [0.29, 0.717) is 17.0 Å². The number of benzene rings is 1. The van der Waals surface area contributed by atoms with Gasteiger partial charge in [0.2, 0.25) is 5.88 Å². The highest BCUT2D eigenvalue weighted by atomic mass is 16.5. The number of ether oxygens (including phenoxy) is 1. The number of aryl methyl sites for hydroxylation is 2. The minimum absolute atomic E-state index is 0.198. The average Bonchev–Trinajstić information content (AvgIpc) is 2.81. The number of carbonyl (C=O) groups is 2. The molecule has 2 N–H and O–H groups in total. The Kier molecular flexibility index (Phi) is 4.22. The molecular formula is C14H14N2O5. The highest BCUT2D eigenvalue weighted by molar-refractivity contribution is 5.91. The van der Waals surface area contributed by atoms with Gasteiger partial charge < -0.3 is 14.4 Å². The van der Waals surface area contributed by atoms with Crippen molar-refractivity contribution < 1.29 is 24.0 Å². The van der Waals surface area contributed by atoms with Crippen LogP contribution in [0.1, 0.15) is 21.6 Å². The monoisotopic (exact) mass is 290 g/mol. The Balaban J connectivity index is 1.92. The molecule has 0 aliphatic heterocycles. The summed E-state index contributed by atoms with van der Waals surface area (Å²) in [5.41, 5.74) is 1.42. The molecule has 7 heteroatoms. The summed E-state index contributed by atoms with van der Waals surface area (Å²) < 4.78 is 10.1. The van der Waals surface area contributed by atoms with Crippen LogP contribution >= 0.6 is 0 Å². The summed E-state index contributed by atoms with van der Waals surface area (Å²) in [5.74, 6) is -0.733. The van der Waals surface area contributed by atoms with E-state index in [-0.39, 0.29) is 18.1 Å². The van der Waals surface area contributed by atoms with E-state index in [2.05, 4.69) is 10.5 Å². The van der Waals surface area contributed by atoms with Crippen molar-refractivity contribution in [2.24, 2.45) is 0 Å². The fourth-order valence-electron chi connectivity index (χ4n) is 1.71. The van der Waals surface area contributed by atoms with Gasteiger partial charge in [0.25, 0.3) is 5.91 Å². The molecule has 1 amide bonds. The summed E-state index contributed by atoms with van der Waals surface area (Å²) in [6.07, 6.45) is 0. The van der Waals surface area contributed by atoms with Crippen molar-refractivity contribution in [2.75, 3.05) is 11.9 Å². The number of nitrogens with zero attached hydrogens (tertiary/aromatic N) is 1. The van der Waals surface area contributed by atoms with Crippen LogP contribution in [0.25, 0.3) is 0 Å². The molecular weight excluding hydrogens is 276 g/mol. The van der Waals surface area contributed by atoms with Gasteiger partial charge in [0.05, 0.1) is 11.3 Å². The fraction of sp³-hybridized carbons (Fsp3) is 0.214. The Morgan fingerprint density at radius 1 is 1.33 bits per heavy atom. The quantitative estimate of drug-likeness (QED) is 0.873. The number of carboxylic acid groups (broad SMARTS) is 1. The van der Waals surface area contributed by atoms with E-state index in [1.807, 2.05) is 0 Å². The van der Waals surface area contributed by atoms with Crippen molar-refractivity contribution in [3.05, 3.63) is 41.1 Å². The van der Waals surface area contributed by atoms with Crippen LogP contribution in [0.2, 0.25) is 0 Å². The molecule has 0 spiro atoms. The lowest BCUT2D eigenvalue weighted by Gasteiger charge is -2.07. The molecule has 7 nitrogen and oxygen atoms in total. The second kappa shape index (κ2) is 6.08. The molecule has 0 saturated carbocycles. The van der Waals surface area contributed by atoms with Gasteiger partial charge in [-0.2, -0.15) is 0 Å². The topological polar surface area (TPSA) is 102 Å². The van der Waals surface area contributed by atoms with E-state index in [9.17, 15) is 9.59 Å². The number of hydrogen-bond acceptors (Lipinski definition) is 5. The van der Waals surface area contributed by atoms with Crippen molar-refractivity contribution in [3.63, 3.8) is 0 Å². The number of rotatable bonds is 5. The van der Waals surface area contributed by atoms with Crippen LogP contribution in [-0.4, -0.2) is 28.7 Å². The number of anilines is 1. The SMILES string of the molecule is Cc1cc(NC(=O)COc2ccc(C(=O)O)c(C)c2)on1. The van der Waals surface area contributed by atoms with Gasteiger partial charge in [0.1, 0.15) is 5.75 Å². The van der Waals surface area contributed by atoms with E-state index >= 15 is 0 Å². The largest absolute Gasteiger partial charge is 0.484 e. The van der Waals surface area contributed by atoms with E-state index in [4.69, 9.17) is 14.4 Å². The predicted molar refractivity (Wildman–Crippen MR) is 73.5 cm³/mol. The minimum atomic E-state index is -1.00. The first-order valence-corrected chi connectivity index (χ1v) is 6.15. The van der Waals surface area contributed by atoms with Gasteiger partial charge in [0.15, 0.2) is 6.61 Å². The molecule has 110 valence electrons. The van der Waals surface area contributed by atoms with E-state index in [1.165, 1.54) is 12.1 Å². The van der Waals surface area contributed by atoms with Crippen molar-refractivity contribution in [3.8, 4) is 5.75 Å². The summed E-state index contributed by atoms with van der Waals surface area (Å²) in [6.45, 7) is 3.18. The van der Waals surface area contributed by atoms with Crippen LogP contribution in [0, 0.1) is 13.8 Å². The van der Waals surface area contributed by atoms with Gasteiger partial charge in [-0.25, -0.2) is 4.79 Å². The molecule has 1 aromatic carbocycles. The number of aromatic carboxylic acids is 1. The van der Waals surface area contributed by atoms with Gasteiger partial charge in [0, 0.05) is 6.07 Å². The highest BCUT2D eigenvalue weighted by Gasteiger charge is 2.10. The molecule has 0 radical (unpaired) electrons. The highest BCUT2D eigenvalue weighted by Crippen LogP contribution is 2.17. The molecule has 21 heavy (non-hydrogen) atoms. The Labute approximate surface area is 120 Å². The maximum absolute atomic E-state index is 11.6. The molecule has 2 aromatic rings. The van der Waals surface area contributed by atoms with Gasteiger partial charge in [-0.1, -0.05) is 5.16 Å². The minimum Gasteiger partial charge on any atom is -0.484 e. The molecule has 1 aromatic heterocycles. The third-order valence-corrected chi connectivity index (χ3v) is 2.69. The van der Waals surface area contributed by atoms with Crippen LogP contribution in [0.4, 0.5) is 5.88 Å². The Hall–Kier alpha value is -2.83. The van der Waals surface area contributed by atoms with Crippen LogP contribution in [-0.2, 0) is 4.79 Å². The van der Waals surface area contributed by atoms with Crippen molar-refractivity contribution >= 4 is 17.8 Å². The molecule has 0 unspecified atom stereocenters. The Morgan fingerprint density at radius 2 is 2.10 bits per heavy atom. The first-order chi connectivity index (χ1) is 9.95. The van der Waals surface area contributed by atoms with Gasteiger partial charge in [-0.15, -0.1) is 0 Å². The standard InChI is InChI=1S/C14H14N2O5/c1-8-5-10(3-4-11(8)14(18)19)20-7-12(17)15-13-6-9(2)16-21-13/h3-6H,7H2,1-2H3,(H,15,17)(H,18,19). The fourth-order valence-corrected chi connectivity index (χ4v) is 1.71. The molecule has 1 heterocycles. The normalized spacial score (nSPS) is 10.2. The average molecular weight is 290 g/mol. The summed E-state index contributed by atoms with van der Waals surface area (Å²) in [4.78, 5) is 22.5. The maximum atomic E-state index is 11.6. The number of aromatic nitrogens is 1. The molecule has 2 rings (SSSR count). The maximum Gasteiger partial charge on any atom is 0.335 e. The third-order valence-electron chi connectivity index (χ3n) is 2.69. The second-order valence-electron chi connectivity index (χ2n) is 4.45. The van der Waals surface area contributed by atoms with E-state index < -0.39 is 11.9 Å². The van der Waals surface area contributed by atoms with E-state index in [1.54, 1.807) is 26.0 Å². The first-order valence-electron chi connectivity index (χ1n) is 6.15. The number of carbonyl (C=O) groups excluding carboxylic acids is 1. The zero-order chi connectivity index (χ0) is 15.4. The summed E-state index contributed by atoms with van der Waals surface area (Å²) >= 11 is 0. The van der Waals surface area contributed by atoms with E-state index in [0.717, 1.165) is 0 Å². The summed E-state index contributed by atoms with van der Waals surface area (Å²) in [5, 5.41) is 15.0.